The fourth-order valence-electron chi connectivity index (χ4n) is 3.72. The van der Waals surface area contributed by atoms with E-state index in [9.17, 15) is 9.59 Å². The Labute approximate surface area is 191 Å². The Morgan fingerprint density at radius 2 is 1.84 bits per heavy atom. The van der Waals surface area contributed by atoms with E-state index in [0.717, 1.165) is 16.7 Å². The third-order valence-corrected chi connectivity index (χ3v) is 5.69. The van der Waals surface area contributed by atoms with E-state index in [1.165, 1.54) is 0 Å². The molecule has 7 heteroatoms. The van der Waals surface area contributed by atoms with Gasteiger partial charge in [0.05, 0.1) is 17.7 Å². The van der Waals surface area contributed by atoms with Gasteiger partial charge in [0.2, 0.25) is 12.3 Å². The minimum absolute atomic E-state index is 0.310. The molecule has 162 valence electrons. The van der Waals surface area contributed by atoms with Crippen molar-refractivity contribution in [2.24, 2.45) is 0 Å². The van der Waals surface area contributed by atoms with E-state index in [-0.39, 0.29) is 11.8 Å². The Kier molecular flexibility index (Phi) is 6.23. The van der Waals surface area contributed by atoms with Gasteiger partial charge in [-0.05, 0) is 55.5 Å². The number of hydrogen-bond acceptors (Lipinski definition) is 3. The molecule has 1 saturated heterocycles. The molecule has 0 saturated carbocycles. The molecule has 2 amide bonds. The zero-order chi connectivity index (χ0) is 22.7. The number of benzene rings is 3. The second-order valence-corrected chi connectivity index (χ2v) is 7.98. The van der Waals surface area contributed by atoms with Gasteiger partial charge in [0, 0.05) is 11.1 Å². The number of amides is 2. The minimum atomic E-state index is -0.810. The molecular formula is C25H23ClN3O3+. The number of hydrazone groups is 1. The summed E-state index contributed by atoms with van der Waals surface area (Å²) in [5, 5.41) is 3.46. The normalized spacial score (nSPS) is 19.0. The molecule has 2 atom stereocenters. The highest BCUT2D eigenvalue weighted by Crippen LogP contribution is 2.27. The molecule has 2 N–H and O–H groups in total. The predicted molar refractivity (Wildman–Crippen MR) is 123 cm³/mol. The van der Waals surface area contributed by atoms with Crippen molar-refractivity contribution < 1.29 is 19.0 Å². The van der Waals surface area contributed by atoms with E-state index in [1.54, 1.807) is 36.2 Å². The van der Waals surface area contributed by atoms with Crippen molar-refractivity contribution in [1.29, 1.82) is 0 Å². The highest BCUT2D eigenvalue weighted by Gasteiger charge is 2.47. The average molecular weight is 449 g/mol. The number of hydrazine groups is 1. The zero-order valence-corrected chi connectivity index (χ0v) is 18.5. The molecule has 1 aliphatic heterocycles. The van der Waals surface area contributed by atoms with Gasteiger partial charge in [-0.2, -0.15) is 0 Å². The molecule has 0 aromatic heterocycles. The molecule has 4 rings (SSSR count). The lowest BCUT2D eigenvalue weighted by Gasteiger charge is -2.15. The van der Waals surface area contributed by atoms with Crippen molar-refractivity contribution in [3.63, 3.8) is 0 Å². The summed E-state index contributed by atoms with van der Waals surface area (Å²) in [6.07, 6.45) is 1.77. The molecule has 1 fully saturated rings. The highest BCUT2D eigenvalue weighted by atomic mass is 35.5. The minimum Gasteiger partial charge on any atom is -0.497 e. The molecule has 32 heavy (non-hydrogen) atoms. The van der Waals surface area contributed by atoms with E-state index in [4.69, 9.17) is 16.3 Å². The number of carbonyl (C=O) groups excluding carboxylic acids is 2. The van der Waals surface area contributed by atoms with E-state index in [0.29, 0.717) is 16.3 Å². The molecule has 0 spiro atoms. The van der Waals surface area contributed by atoms with E-state index < -0.39 is 12.1 Å². The summed E-state index contributed by atoms with van der Waals surface area (Å²) in [7, 11) is 1.60. The number of aryl methyl sites for hydroxylation is 1. The summed E-state index contributed by atoms with van der Waals surface area (Å²) < 4.78 is 6.95. The van der Waals surface area contributed by atoms with Gasteiger partial charge in [0.15, 0.2) is 6.04 Å². The molecule has 1 heterocycles. The number of methoxy groups -OCH3 is 1. The van der Waals surface area contributed by atoms with Crippen LogP contribution < -0.4 is 15.5 Å². The van der Waals surface area contributed by atoms with Crippen LogP contribution in [-0.2, 0) is 4.79 Å². The maximum Gasteiger partial charge on any atom is 0.304 e. The lowest BCUT2D eigenvalue weighted by atomic mass is 9.99. The maximum atomic E-state index is 13.0. The van der Waals surface area contributed by atoms with Gasteiger partial charge in [-0.15, -0.1) is 10.1 Å². The summed E-state index contributed by atoms with van der Waals surface area (Å²) in [6, 6.07) is 20.7. The standard InChI is InChI=1S/C25H22ClN3O3/c1-16-6-5-8-18(14-16)24(30)27-22-23(17-10-12-20(32-2)13-11-17)29(28-25(22)31)15-19-7-3-4-9-21(19)26/h3-15,22-23H,1-2H3,(H-,27,28,30,31)/p+1/b29-15-/t22-,23+/m0/s1. The zero-order valence-electron chi connectivity index (χ0n) is 17.7. The first-order chi connectivity index (χ1) is 15.5. The molecule has 6 nitrogen and oxygen atoms in total. The van der Waals surface area contributed by atoms with Crippen LogP contribution in [0.4, 0.5) is 0 Å². The average Bonchev–Trinajstić information content (AvgIpc) is 3.10. The van der Waals surface area contributed by atoms with E-state index >= 15 is 0 Å². The van der Waals surface area contributed by atoms with Gasteiger partial charge in [-0.1, -0.05) is 41.4 Å². The maximum absolute atomic E-state index is 13.0. The Balaban J connectivity index is 1.72. The fraction of sp³-hybridized carbons (Fsp3) is 0.160. The van der Waals surface area contributed by atoms with Crippen LogP contribution in [0, 0.1) is 6.92 Å². The van der Waals surface area contributed by atoms with Gasteiger partial charge >= 0.3 is 5.91 Å². The van der Waals surface area contributed by atoms with Crippen LogP contribution in [0.3, 0.4) is 0 Å². The first kappa shape index (κ1) is 21.6. The summed E-state index contributed by atoms with van der Waals surface area (Å²) >= 11 is 6.33. The molecule has 1 aliphatic rings. The van der Waals surface area contributed by atoms with Crippen LogP contribution in [0.15, 0.2) is 72.8 Å². The third-order valence-electron chi connectivity index (χ3n) is 5.34. The number of hydrogen-bond donors (Lipinski definition) is 2. The van der Waals surface area contributed by atoms with Crippen LogP contribution >= 0.6 is 11.6 Å². The molecule has 0 unspecified atom stereocenters. The van der Waals surface area contributed by atoms with Gasteiger partial charge in [0.25, 0.3) is 5.91 Å². The molecule has 0 radical (unpaired) electrons. The summed E-state index contributed by atoms with van der Waals surface area (Å²) in [6.45, 7) is 1.92. The SMILES string of the molecule is COc1ccc([C@@H]2[C@H](NC(=O)c3cccc(C)c3)C(=O)N/[N+]2=C\c2ccccc2Cl)cc1. The number of nitrogens with zero attached hydrogens (tertiary/aromatic N) is 1. The predicted octanol–water partition coefficient (Wildman–Crippen LogP) is 3.67. The monoisotopic (exact) mass is 448 g/mol. The van der Waals surface area contributed by atoms with E-state index in [2.05, 4.69) is 10.7 Å². The van der Waals surface area contributed by atoms with Crippen molar-refractivity contribution in [2.45, 2.75) is 19.0 Å². The molecular weight excluding hydrogens is 426 g/mol. The summed E-state index contributed by atoms with van der Waals surface area (Å²) in [5.74, 6) is 0.0788. The van der Waals surface area contributed by atoms with Crippen molar-refractivity contribution in [3.8, 4) is 5.75 Å². The fourth-order valence-corrected chi connectivity index (χ4v) is 3.91. The van der Waals surface area contributed by atoms with Gasteiger partial charge in [0.1, 0.15) is 5.75 Å². The van der Waals surface area contributed by atoms with Crippen molar-refractivity contribution >= 4 is 29.6 Å². The summed E-state index contributed by atoms with van der Waals surface area (Å²) in [5.41, 5.74) is 5.91. The van der Waals surface area contributed by atoms with Gasteiger partial charge in [-0.3, -0.25) is 9.59 Å². The second kappa shape index (κ2) is 9.24. The quantitative estimate of drug-likeness (QED) is 0.585. The van der Waals surface area contributed by atoms with Crippen molar-refractivity contribution in [1.82, 2.24) is 10.7 Å². The third kappa shape index (κ3) is 4.50. The van der Waals surface area contributed by atoms with Crippen LogP contribution in [-0.4, -0.2) is 35.9 Å². The number of halogens is 1. The van der Waals surface area contributed by atoms with Crippen LogP contribution in [0.2, 0.25) is 5.02 Å². The number of rotatable bonds is 5. The Morgan fingerprint density at radius 1 is 1.09 bits per heavy atom. The van der Waals surface area contributed by atoms with Crippen LogP contribution in [0.1, 0.15) is 33.1 Å². The lowest BCUT2D eigenvalue weighted by Crippen LogP contribution is -2.42. The van der Waals surface area contributed by atoms with Crippen molar-refractivity contribution in [3.05, 3.63) is 100 Å². The van der Waals surface area contributed by atoms with Gasteiger partial charge < -0.3 is 10.1 Å². The van der Waals surface area contributed by atoms with Crippen molar-refractivity contribution in [2.75, 3.05) is 7.11 Å². The topological polar surface area (TPSA) is 70.4 Å². The Hall–Kier alpha value is -3.64. The Bertz CT molecular complexity index is 1190. The van der Waals surface area contributed by atoms with Crippen LogP contribution in [0.25, 0.3) is 0 Å². The summed E-state index contributed by atoms with van der Waals surface area (Å²) in [4.78, 5) is 25.9. The van der Waals surface area contributed by atoms with Crippen LogP contribution in [0.5, 0.6) is 5.75 Å². The van der Waals surface area contributed by atoms with E-state index in [1.807, 2.05) is 61.5 Å². The largest absolute Gasteiger partial charge is 0.497 e. The smallest absolute Gasteiger partial charge is 0.304 e. The molecule has 3 aromatic rings. The first-order valence-electron chi connectivity index (χ1n) is 10.2. The number of nitrogens with one attached hydrogen (secondary N) is 2. The number of carbonyl (C=O) groups is 2. The second-order valence-electron chi connectivity index (χ2n) is 7.57. The molecule has 3 aromatic carbocycles. The molecule has 0 bridgehead atoms. The molecule has 0 aliphatic carbocycles. The number of ether oxygens (including phenoxy) is 1. The lowest BCUT2D eigenvalue weighted by molar-refractivity contribution is -0.596. The van der Waals surface area contributed by atoms with Gasteiger partial charge in [-0.25, -0.2) is 0 Å². The Morgan fingerprint density at radius 3 is 2.53 bits per heavy atom. The first-order valence-corrected chi connectivity index (χ1v) is 10.5. The highest BCUT2D eigenvalue weighted by molar-refractivity contribution is 6.32.